The van der Waals surface area contributed by atoms with E-state index in [9.17, 15) is 19.5 Å². The molecule has 45 heavy (non-hydrogen) atoms. The number of fused-ring (bicyclic) bond motifs is 2. The summed E-state index contributed by atoms with van der Waals surface area (Å²) in [5.41, 5.74) is -0.511. The van der Waals surface area contributed by atoms with Gasteiger partial charge in [-0.3, -0.25) is 19.3 Å². The molecule has 5 aliphatic heterocycles. The zero-order valence-electron chi connectivity index (χ0n) is 26.2. The van der Waals surface area contributed by atoms with Crippen LogP contribution in [0.15, 0.2) is 48.6 Å². The third-order valence-corrected chi connectivity index (χ3v) is 9.80. The van der Waals surface area contributed by atoms with Gasteiger partial charge in [-0.15, -0.1) is 0 Å². The van der Waals surface area contributed by atoms with Crippen LogP contribution in [0.2, 0.25) is 0 Å². The van der Waals surface area contributed by atoms with Crippen molar-refractivity contribution < 1.29 is 33.7 Å². The Balaban J connectivity index is 1.29. The topological polar surface area (TPSA) is 112 Å². The van der Waals surface area contributed by atoms with E-state index in [4.69, 9.17) is 14.2 Å². The van der Waals surface area contributed by atoms with E-state index >= 15 is 0 Å². The number of ether oxygens (including phenoxy) is 3. The average molecular weight is 623 g/mol. The lowest BCUT2D eigenvalue weighted by Gasteiger charge is -2.36. The standard InChI is InChI=1S/C34H46N4O7/c1-2-44-26-12-10-25(11-13-26)37-17-7-9-27-28(31(37)40)29-32(41)38(16-5-3-4-6-22-39)30-33(42)36(15-8-14-34(29,30)45-27)19-18-35-20-23-43-24-21-35/h7-14,27-30,39H,2-6,15-24H2,1H3/t27-,28+,29-,30?,34-/m0/s1. The fourth-order valence-electron chi connectivity index (χ4n) is 7.58. The van der Waals surface area contributed by atoms with Gasteiger partial charge >= 0.3 is 0 Å². The number of anilines is 1. The van der Waals surface area contributed by atoms with E-state index in [0.29, 0.717) is 58.8 Å². The molecule has 5 aliphatic rings. The molecule has 0 aliphatic carbocycles. The van der Waals surface area contributed by atoms with E-state index in [-0.39, 0.29) is 24.3 Å². The molecular weight excluding hydrogens is 576 g/mol. The number of carbonyl (C=O) groups excluding carboxylic acids is 3. The number of likely N-dealkylation sites (tertiary alicyclic amines) is 1. The maximum Gasteiger partial charge on any atom is 0.249 e. The minimum absolute atomic E-state index is 0.129. The highest BCUT2D eigenvalue weighted by Gasteiger charge is 2.71. The molecule has 0 aromatic heterocycles. The van der Waals surface area contributed by atoms with Crippen molar-refractivity contribution in [1.82, 2.24) is 14.7 Å². The lowest BCUT2D eigenvalue weighted by Crippen LogP contribution is -2.56. The van der Waals surface area contributed by atoms with Crippen LogP contribution < -0.4 is 9.64 Å². The number of nitrogens with zero attached hydrogens (tertiary/aromatic N) is 4. The number of aliphatic hydroxyl groups excluding tert-OH is 1. The second-order valence-electron chi connectivity index (χ2n) is 12.5. The first-order valence-corrected chi connectivity index (χ1v) is 16.5. The van der Waals surface area contributed by atoms with Gasteiger partial charge in [0.05, 0.1) is 37.8 Å². The second kappa shape index (κ2) is 14.0. The average Bonchev–Trinajstić information content (AvgIpc) is 3.36. The molecule has 1 aromatic carbocycles. The predicted molar refractivity (Wildman–Crippen MR) is 168 cm³/mol. The number of amides is 3. The van der Waals surface area contributed by atoms with Gasteiger partial charge in [0.15, 0.2) is 0 Å². The largest absolute Gasteiger partial charge is 0.494 e. The van der Waals surface area contributed by atoms with Crippen molar-refractivity contribution in [1.29, 1.82) is 0 Å². The summed E-state index contributed by atoms with van der Waals surface area (Å²) in [5, 5.41) is 9.22. The molecule has 3 fully saturated rings. The van der Waals surface area contributed by atoms with Crippen LogP contribution in [-0.4, -0.2) is 128 Å². The molecule has 0 radical (unpaired) electrons. The van der Waals surface area contributed by atoms with Crippen molar-refractivity contribution >= 4 is 23.4 Å². The van der Waals surface area contributed by atoms with Crippen molar-refractivity contribution in [2.24, 2.45) is 11.8 Å². The second-order valence-corrected chi connectivity index (χ2v) is 12.5. The van der Waals surface area contributed by atoms with Crippen LogP contribution in [0.3, 0.4) is 0 Å². The van der Waals surface area contributed by atoms with Crippen LogP contribution in [0.25, 0.3) is 0 Å². The first-order valence-electron chi connectivity index (χ1n) is 16.5. The first kappa shape index (κ1) is 31.7. The van der Waals surface area contributed by atoms with Gasteiger partial charge in [0, 0.05) is 58.1 Å². The number of morpholine rings is 1. The zero-order chi connectivity index (χ0) is 31.4. The summed E-state index contributed by atoms with van der Waals surface area (Å²) in [5.74, 6) is -1.36. The van der Waals surface area contributed by atoms with Crippen molar-refractivity contribution in [3.63, 3.8) is 0 Å². The van der Waals surface area contributed by atoms with E-state index in [0.717, 1.165) is 43.9 Å². The molecule has 1 aromatic rings. The Labute approximate surface area is 265 Å². The minimum atomic E-state index is -1.23. The van der Waals surface area contributed by atoms with E-state index in [2.05, 4.69) is 4.90 Å². The number of carbonyl (C=O) groups is 3. The summed E-state index contributed by atoms with van der Waals surface area (Å²) in [6.07, 6.45) is 10.1. The van der Waals surface area contributed by atoms with Crippen LogP contribution in [0.1, 0.15) is 32.6 Å². The molecule has 0 bridgehead atoms. The van der Waals surface area contributed by atoms with Gasteiger partial charge in [0.1, 0.15) is 17.4 Å². The van der Waals surface area contributed by atoms with E-state index < -0.39 is 29.6 Å². The van der Waals surface area contributed by atoms with Crippen LogP contribution >= 0.6 is 0 Å². The number of hydrogen-bond acceptors (Lipinski definition) is 8. The number of aliphatic hydroxyl groups is 1. The molecule has 6 rings (SSSR count). The lowest BCUT2D eigenvalue weighted by atomic mass is 9.77. The first-order chi connectivity index (χ1) is 22.0. The van der Waals surface area contributed by atoms with Crippen molar-refractivity contribution in [3.8, 4) is 5.75 Å². The number of rotatable bonds is 12. The smallest absolute Gasteiger partial charge is 0.249 e. The number of hydrogen-bond donors (Lipinski definition) is 1. The molecule has 0 saturated carbocycles. The van der Waals surface area contributed by atoms with Crippen molar-refractivity contribution in [2.45, 2.75) is 50.4 Å². The molecule has 11 heteroatoms. The Morgan fingerprint density at radius 3 is 2.44 bits per heavy atom. The van der Waals surface area contributed by atoms with Gasteiger partial charge in [-0.05, 0) is 44.0 Å². The quantitative estimate of drug-likeness (QED) is 0.278. The monoisotopic (exact) mass is 622 g/mol. The van der Waals surface area contributed by atoms with Crippen LogP contribution in [-0.2, 0) is 23.9 Å². The van der Waals surface area contributed by atoms with Gasteiger partial charge in [0.25, 0.3) is 0 Å². The van der Waals surface area contributed by atoms with Gasteiger partial charge < -0.3 is 34.0 Å². The molecule has 1 spiro atoms. The summed E-state index contributed by atoms with van der Waals surface area (Å²) >= 11 is 0. The molecule has 5 atom stereocenters. The minimum Gasteiger partial charge on any atom is -0.494 e. The van der Waals surface area contributed by atoms with Gasteiger partial charge in [-0.2, -0.15) is 0 Å². The third kappa shape index (κ3) is 6.15. The van der Waals surface area contributed by atoms with Gasteiger partial charge in [0.2, 0.25) is 17.7 Å². The van der Waals surface area contributed by atoms with E-state index in [1.807, 2.05) is 60.4 Å². The molecule has 3 saturated heterocycles. The van der Waals surface area contributed by atoms with Crippen LogP contribution in [0, 0.1) is 11.8 Å². The SMILES string of the molecule is CCOc1ccc(N2CC=C[C@@H]3O[C@]45C=CCN(CCN6CCOCC6)C(=O)C4N(CCCCCCO)C(=O)[C@@H]5[C@@H]3C2=O)cc1. The van der Waals surface area contributed by atoms with Gasteiger partial charge in [-0.25, -0.2) is 0 Å². The summed E-state index contributed by atoms with van der Waals surface area (Å²) in [6, 6.07) is 6.57. The molecule has 1 N–H and O–H groups in total. The van der Waals surface area contributed by atoms with Gasteiger partial charge in [-0.1, -0.05) is 37.1 Å². The summed E-state index contributed by atoms with van der Waals surface area (Å²) < 4.78 is 17.9. The summed E-state index contributed by atoms with van der Waals surface area (Å²) in [6.45, 7) is 8.09. The maximum atomic E-state index is 14.5. The Kier molecular flexibility index (Phi) is 9.89. The number of unbranched alkanes of at least 4 members (excludes halogenated alkanes) is 3. The fourth-order valence-corrected chi connectivity index (χ4v) is 7.58. The number of benzene rings is 1. The maximum absolute atomic E-state index is 14.5. The zero-order valence-corrected chi connectivity index (χ0v) is 26.2. The third-order valence-electron chi connectivity index (χ3n) is 9.80. The highest BCUT2D eigenvalue weighted by Crippen LogP contribution is 2.53. The van der Waals surface area contributed by atoms with Crippen molar-refractivity contribution in [2.75, 3.05) is 77.1 Å². The highest BCUT2D eigenvalue weighted by molar-refractivity contribution is 6.03. The molecule has 1 unspecified atom stereocenters. The Morgan fingerprint density at radius 2 is 1.69 bits per heavy atom. The normalized spacial score (nSPS) is 29.9. The molecule has 3 amide bonds. The fraction of sp³-hybridized carbons (Fsp3) is 0.618. The lowest BCUT2D eigenvalue weighted by molar-refractivity contribution is -0.147. The molecular formula is C34H46N4O7. The molecule has 11 nitrogen and oxygen atoms in total. The Morgan fingerprint density at radius 1 is 0.911 bits per heavy atom. The highest BCUT2D eigenvalue weighted by atomic mass is 16.5. The van der Waals surface area contributed by atoms with Crippen LogP contribution in [0.5, 0.6) is 5.75 Å². The van der Waals surface area contributed by atoms with Crippen molar-refractivity contribution in [3.05, 3.63) is 48.6 Å². The molecule has 244 valence electrons. The molecule has 5 heterocycles. The summed E-state index contributed by atoms with van der Waals surface area (Å²) in [7, 11) is 0. The van der Waals surface area contributed by atoms with E-state index in [1.54, 1.807) is 9.80 Å². The van der Waals surface area contributed by atoms with Crippen LogP contribution in [0.4, 0.5) is 5.69 Å². The Hall–Kier alpha value is -3.25. The predicted octanol–water partition coefficient (Wildman–Crippen LogP) is 1.85. The van der Waals surface area contributed by atoms with E-state index in [1.165, 1.54) is 0 Å². The Bertz CT molecular complexity index is 1280. The summed E-state index contributed by atoms with van der Waals surface area (Å²) in [4.78, 5) is 50.9.